The summed E-state index contributed by atoms with van der Waals surface area (Å²) in [4.78, 5) is 13.3. The van der Waals surface area contributed by atoms with Crippen molar-refractivity contribution in [2.45, 2.75) is 45.3 Å². The lowest BCUT2D eigenvalue weighted by molar-refractivity contribution is 0.0297. The van der Waals surface area contributed by atoms with Gasteiger partial charge in [0, 0.05) is 26.2 Å². The average Bonchev–Trinajstić information content (AvgIpc) is 2.74. The van der Waals surface area contributed by atoms with Gasteiger partial charge in [-0.2, -0.15) is 0 Å². The minimum atomic E-state index is -0.418. The number of ether oxygens (including phenoxy) is 1. The molecule has 1 atom stereocenters. The van der Waals surface area contributed by atoms with Crippen LogP contribution in [0.1, 0.15) is 33.6 Å². The van der Waals surface area contributed by atoms with Crippen molar-refractivity contribution in [2.24, 2.45) is 0 Å². The Hall–Kier alpha value is -0.810. The summed E-state index contributed by atoms with van der Waals surface area (Å²) >= 11 is 0. The molecular formula is C13H27N3O2. The van der Waals surface area contributed by atoms with Gasteiger partial charge in [0.1, 0.15) is 5.60 Å². The summed E-state index contributed by atoms with van der Waals surface area (Å²) in [6, 6.07) is 0.594. The molecule has 0 radical (unpaired) electrons. The summed E-state index contributed by atoms with van der Waals surface area (Å²) in [5.74, 6) is 0. The van der Waals surface area contributed by atoms with Crippen molar-refractivity contribution >= 4 is 6.09 Å². The molecule has 0 aromatic carbocycles. The zero-order valence-electron chi connectivity index (χ0n) is 12.1. The van der Waals surface area contributed by atoms with Crippen LogP contribution in [0.2, 0.25) is 0 Å². The number of rotatable bonds is 5. The Labute approximate surface area is 110 Å². The zero-order valence-corrected chi connectivity index (χ0v) is 12.1. The van der Waals surface area contributed by atoms with Crippen molar-refractivity contribution in [3.63, 3.8) is 0 Å². The molecule has 0 aromatic rings. The molecule has 1 aliphatic heterocycles. The molecule has 0 aliphatic carbocycles. The second kappa shape index (κ2) is 6.95. The van der Waals surface area contributed by atoms with Crippen LogP contribution in [-0.2, 0) is 4.74 Å². The Morgan fingerprint density at radius 3 is 2.78 bits per heavy atom. The molecule has 1 rings (SSSR count). The molecule has 106 valence electrons. The fourth-order valence-corrected chi connectivity index (χ4v) is 1.88. The first kappa shape index (κ1) is 15.2. The lowest BCUT2D eigenvalue weighted by Crippen LogP contribution is -2.37. The Morgan fingerprint density at radius 1 is 1.50 bits per heavy atom. The van der Waals surface area contributed by atoms with Crippen LogP contribution in [0.15, 0.2) is 0 Å². The first-order valence-electron chi connectivity index (χ1n) is 6.77. The highest BCUT2D eigenvalue weighted by Gasteiger charge is 2.19. The SMILES string of the molecule is CN(CCCNC1CCNC1)C(=O)OC(C)(C)C. The third kappa shape index (κ3) is 6.21. The van der Waals surface area contributed by atoms with Crippen molar-refractivity contribution in [3.05, 3.63) is 0 Å². The van der Waals surface area contributed by atoms with Gasteiger partial charge in [0.05, 0.1) is 0 Å². The number of nitrogens with zero attached hydrogens (tertiary/aromatic N) is 1. The maximum absolute atomic E-state index is 11.7. The highest BCUT2D eigenvalue weighted by molar-refractivity contribution is 5.67. The Kier molecular flexibility index (Phi) is 5.88. The van der Waals surface area contributed by atoms with Crippen LogP contribution >= 0.6 is 0 Å². The molecule has 1 heterocycles. The van der Waals surface area contributed by atoms with E-state index in [0.717, 1.165) is 32.6 Å². The maximum atomic E-state index is 11.7. The zero-order chi connectivity index (χ0) is 13.6. The largest absolute Gasteiger partial charge is 0.444 e. The third-order valence-corrected chi connectivity index (χ3v) is 2.87. The van der Waals surface area contributed by atoms with Crippen LogP contribution in [0, 0.1) is 0 Å². The molecule has 0 saturated carbocycles. The lowest BCUT2D eigenvalue weighted by Gasteiger charge is -2.24. The molecule has 5 nitrogen and oxygen atoms in total. The molecule has 18 heavy (non-hydrogen) atoms. The summed E-state index contributed by atoms with van der Waals surface area (Å²) < 4.78 is 5.29. The van der Waals surface area contributed by atoms with E-state index in [1.807, 2.05) is 20.8 Å². The van der Waals surface area contributed by atoms with Gasteiger partial charge < -0.3 is 20.3 Å². The predicted octanol–water partition coefficient (Wildman–Crippen LogP) is 1.19. The van der Waals surface area contributed by atoms with Crippen molar-refractivity contribution in [1.29, 1.82) is 0 Å². The topological polar surface area (TPSA) is 53.6 Å². The first-order valence-corrected chi connectivity index (χ1v) is 6.77. The van der Waals surface area contributed by atoms with E-state index in [1.54, 1.807) is 11.9 Å². The van der Waals surface area contributed by atoms with E-state index in [2.05, 4.69) is 10.6 Å². The van der Waals surface area contributed by atoms with Crippen molar-refractivity contribution in [2.75, 3.05) is 33.2 Å². The second-order valence-corrected chi connectivity index (χ2v) is 5.90. The minimum Gasteiger partial charge on any atom is -0.444 e. The molecule has 0 spiro atoms. The van der Waals surface area contributed by atoms with E-state index in [9.17, 15) is 4.79 Å². The number of amides is 1. The fourth-order valence-electron chi connectivity index (χ4n) is 1.88. The minimum absolute atomic E-state index is 0.245. The summed E-state index contributed by atoms with van der Waals surface area (Å²) in [7, 11) is 1.78. The predicted molar refractivity (Wildman–Crippen MR) is 72.8 cm³/mol. The highest BCUT2D eigenvalue weighted by Crippen LogP contribution is 2.09. The number of hydrogen-bond donors (Lipinski definition) is 2. The van der Waals surface area contributed by atoms with Crippen LogP contribution in [0.3, 0.4) is 0 Å². The van der Waals surface area contributed by atoms with Gasteiger partial charge in [-0.3, -0.25) is 0 Å². The quantitative estimate of drug-likeness (QED) is 0.727. The Morgan fingerprint density at radius 2 is 2.22 bits per heavy atom. The van der Waals surface area contributed by atoms with Gasteiger partial charge in [0.25, 0.3) is 0 Å². The summed E-state index contributed by atoms with van der Waals surface area (Å²) in [5, 5.41) is 6.80. The van der Waals surface area contributed by atoms with Crippen LogP contribution in [0.25, 0.3) is 0 Å². The summed E-state index contributed by atoms with van der Waals surface area (Å²) in [5.41, 5.74) is -0.418. The van der Waals surface area contributed by atoms with E-state index in [0.29, 0.717) is 6.04 Å². The summed E-state index contributed by atoms with van der Waals surface area (Å²) in [6.45, 7) is 9.48. The monoisotopic (exact) mass is 257 g/mol. The van der Waals surface area contributed by atoms with Crippen molar-refractivity contribution in [3.8, 4) is 0 Å². The smallest absolute Gasteiger partial charge is 0.410 e. The number of carbonyl (C=O) groups excluding carboxylic acids is 1. The number of carbonyl (C=O) groups is 1. The van der Waals surface area contributed by atoms with E-state index < -0.39 is 5.60 Å². The molecular weight excluding hydrogens is 230 g/mol. The van der Waals surface area contributed by atoms with Gasteiger partial charge in [-0.1, -0.05) is 0 Å². The molecule has 2 N–H and O–H groups in total. The van der Waals surface area contributed by atoms with E-state index in [1.165, 1.54) is 6.42 Å². The maximum Gasteiger partial charge on any atom is 0.410 e. The van der Waals surface area contributed by atoms with E-state index in [4.69, 9.17) is 4.74 Å². The molecule has 0 aromatic heterocycles. The van der Waals surface area contributed by atoms with Gasteiger partial charge in [0.15, 0.2) is 0 Å². The second-order valence-electron chi connectivity index (χ2n) is 5.90. The van der Waals surface area contributed by atoms with E-state index in [-0.39, 0.29) is 6.09 Å². The Balaban J connectivity index is 2.08. The molecule has 5 heteroatoms. The molecule has 1 amide bonds. The molecule has 1 aliphatic rings. The molecule has 1 saturated heterocycles. The van der Waals surface area contributed by atoms with Gasteiger partial charge in [-0.15, -0.1) is 0 Å². The van der Waals surface area contributed by atoms with Gasteiger partial charge in [-0.25, -0.2) is 4.79 Å². The normalized spacial score (nSPS) is 19.9. The molecule has 0 bridgehead atoms. The van der Waals surface area contributed by atoms with Crippen molar-refractivity contribution < 1.29 is 9.53 Å². The Bertz CT molecular complexity index is 257. The number of nitrogens with one attached hydrogen (secondary N) is 2. The lowest BCUT2D eigenvalue weighted by atomic mass is 10.2. The van der Waals surface area contributed by atoms with E-state index >= 15 is 0 Å². The fraction of sp³-hybridized carbons (Fsp3) is 0.923. The van der Waals surface area contributed by atoms with Gasteiger partial charge in [0.2, 0.25) is 0 Å². The van der Waals surface area contributed by atoms with Crippen LogP contribution in [-0.4, -0.2) is 55.9 Å². The average molecular weight is 257 g/mol. The van der Waals surface area contributed by atoms with Crippen LogP contribution in [0.4, 0.5) is 4.79 Å². The van der Waals surface area contributed by atoms with Gasteiger partial charge >= 0.3 is 6.09 Å². The highest BCUT2D eigenvalue weighted by atomic mass is 16.6. The van der Waals surface area contributed by atoms with Crippen LogP contribution in [0.5, 0.6) is 0 Å². The third-order valence-electron chi connectivity index (χ3n) is 2.87. The molecule has 1 unspecified atom stereocenters. The molecule has 1 fully saturated rings. The van der Waals surface area contributed by atoms with Crippen molar-refractivity contribution in [1.82, 2.24) is 15.5 Å². The van der Waals surface area contributed by atoms with Crippen LogP contribution < -0.4 is 10.6 Å². The summed E-state index contributed by atoms with van der Waals surface area (Å²) in [6.07, 6.45) is 1.90. The standard InChI is InChI=1S/C13H27N3O2/c1-13(2,3)18-12(17)16(4)9-5-7-15-11-6-8-14-10-11/h11,14-15H,5-10H2,1-4H3. The van der Waals surface area contributed by atoms with Gasteiger partial charge in [-0.05, 0) is 46.7 Å². The number of hydrogen-bond acceptors (Lipinski definition) is 4. The first-order chi connectivity index (χ1) is 8.38.